The molecule has 1 aliphatic heterocycles. The first-order valence-electron chi connectivity index (χ1n) is 7.85. The maximum atomic E-state index is 12.3. The molecule has 22 heavy (non-hydrogen) atoms. The fourth-order valence-corrected chi connectivity index (χ4v) is 4.19. The number of benzene rings is 1. The van der Waals surface area contributed by atoms with Gasteiger partial charge in [0.2, 0.25) is 5.91 Å². The van der Waals surface area contributed by atoms with Crippen LogP contribution in [0.15, 0.2) is 30.3 Å². The minimum Gasteiger partial charge on any atom is -0.342 e. The molecule has 4 nitrogen and oxygen atoms in total. The molecule has 1 aromatic rings. The van der Waals surface area contributed by atoms with Gasteiger partial charge in [0, 0.05) is 25.3 Å². The molecule has 0 spiro atoms. The topological polar surface area (TPSA) is 54.5 Å². The third-order valence-electron chi connectivity index (χ3n) is 4.27. The second kappa shape index (κ2) is 7.27. The van der Waals surface area contributed by atoms with Gasteiger partial charge >= 0.3 is 0 Å². The zero-order valence-corrected chi connectivity index (χ0v) is 14.2. The lowest BCUT2D eigenvalue weighted by molar-refractivity contribution is -0.135. The summed E-state index contributed by atoms with van der Waals surface area (Å²) in [5.41, 5.74) is 1.35. The van der Waals surface area contributed by atoms with Crippen LogP contribution in [0.1, 0.15) is 25.3 Å². The molecule has 1 saturated heterocycles. The highest BCUT2D eigenvalue weighted by Crippen LogP contribution is 2.22. The Morgan fingerprint density at radius 1 is 1.23 bits per heavy atom. The Balaban J connectivity index is 1.83. The minimum atomic E-state index is -3.11. The summed E-state index contributed by atoms with van der Waals surface area (Å²) in [5, 5.41) is 0. The number of likely N-dealkylation sites (tertiary alicyclic amines) is 1. The number of amides is 1. The van der Waals surface area contributed by atoms with Crippen molar-refractivity contribution < 1.29 is 13.2 Å². The van der Waals surface area contributed by atoms with Crippen molar-refractivity contribution in [2.24, 2.45) is 11.8 Å². The lowest BCUT2D eigenvalue weighted by Gasteiger charge is -2.33. The predicted molar refractivity (Wildman–Crippen MR) is 88.3 cm³/mol. The molecular formula is C17H25NO3S. The van der Waals surface area contributed by atoms with E-state index in [9.17, 15) is 13.2 Å². The fraction of sp³-hybridized carbons (Fsp3) is 0.588. The number of sulfone groups is 1. The first-order chi connectivity index (χ1) is 10.3. The van der Waals surface area contributed by atoms with Gasteiger partial charge in [0.1, 0.15) is 9.84 Å². The summed E-state index contributed by atoms with van der Waals surface area (Å²) in [6.07, 6.45) is 4.23. The first kappa shape index (κ1) is 17.0. The molecule has 1 atom stereocenters. The van der Waals surface area contributed by atoms with E-state index in [1.807, 2.05) is 11.0 Å². The summed E-state index contributed by atoms with van der Waals surface area (Å²) in [7, 11) is -3.11. The second-order valence-electron chi connectivity index (χ2n) is 6.45. The van der Waals surface area contributed by atoms with Gasteiger partial charge in [-0.05, 0) is 30.7 Å². The highest BCUT2D eigenvalue weighted by atomic mass is 32.2. The Labute approximate surface area is 133 Å². The van der Waals surface area contributed by atoms with Crippen LogP contribution in [0, 0.1) is 11.8 Å². The van der Waals surface area contributed by atoms with Crippen LogP contribution < -0.4 is 0 Å². The Hall–Kier alpha value is -1.36. The summed E-state index contributed by atoms with van der Waals surface area (Å²) >= 11 is 0. The summed E-state index contributed by atoms with van der Waals surface area (Å²) in [6, 6.07) is 10.4. The predicted octanol–water partition coefficient (Wildman–Crippen LogP) is 2.15. The lowest BCUT2D eigenvalue weighted by atomic mass is 9.90. The SMILES string of the molecule is CC(CS(C)(=O)=O)C(=O)N1CCC(Cc2ccccc2)CC1. The number of piperidine rings is 1. The van der Waals surface area contributed by atoms with E-state index in [1.54, 1.807) is 6.92 Å². The number of carbonyl (C=O) groups excluding carboxylic acids is 1. The van der Waals surface area contributed by atoms with E-state index in [2.05, 4.69) is 24.3 Å². The van der Waals surface area contributed by atoms with E-state index in [0.717, 1.165) is 32.4 Å². The van der Waals surface area contributed by atoms with E-state index >= 15 is 0 Å². The van der Waals surface area contributed by atoms with Gasteiger partial charge in [-0.3, -0.25) is 4.79 Å². The Kier molecular flexibility index (Phi) is 5.62. The van der Waals surface area contributed by atoms with Gasteiger partial charge in [-0.25, -0.2) is 8.42 Å². The van der Waals surface area contributed by atoms with Crippen molar-refractivity contribution in [3.63, 3.8) is 0 Å². The number of hydrogen-bond acceptors (Lipinski definition) is 3. The van der Waals surface area contributed by atoms with Crippen molar-refractivity contribution in [1.82, 2.24) is 4.90 Å². The maximum Gasteiger partial charge on any atom is 0.226 e. The molecule has 1 aromatic carbocycles. The van der Waals surface area contributed by atoms with E-state index in [4.69, 9.17) is 0 Å². The molecule has 0 radical (unpaired) electrons. The zero-order valence-electron chi connectivity index (χ0n) is 13.4. The zero-order chi connectivity index (χ0) is 16.2. The summed E-state index contributed by atoms with van der Waals surface area (Å²) in [5.74, 6) is 0.0800. The molecule has 1 unspecified atom stereocenters. The molecule has 1 heterocycles. The quantitative estimate of drug-likeness (QED) is 0.834. The van der Waals surface area contributed by atoms with Crippen LogP contribution in [0.25, 0.3) is 0 Å². The maximum absolute atomic E-state index is 12.3. The molecule has 5 heteroatoms. The highest BCUT2D eigenvalue weighted by molar-refractivity contribution is 7.90. The Morgan fingerprint density at radius 2 is 1.82 bits per heavy atom. The van der Waals surface area contributed by atoms with Gasteiger partial charge in [0.25, 0.3) is 0 Å². The van der Waals surface area contributed by atoms with E-state index in [1.165, 1.54) is 11.8 Å². The van der Waals surface area contributed by atoms with Gasteiger partial charge in [-0.2, -0.15) is 0 Å². The molecule has 122 valence electrons. The molecule has 0 saturated carbocycles. The summed E-state index contributed by atoms with van der Waals surface area (Å²) in [6.45, 7) is 3.19. The Morgan fingerprint density at radius 3 is 2.36 bits per heavy atom. The Bertz CT molecular complexity index is 590. The number of rotatable bonds is 5. The highest BCUT2D eigenvalue weighted by Gasteiger charge is 2.27. The third-order valence-corrected chi connectivity index (χ3v) is 5.37. The van der Waals surface area contributed by atoms with Gasteiger partial charge in [0.05, 0.1) is 5.75 Å². The fourth-order valence-electron chi connectivity index (χ4n) is 3.14. The third kappa shape index (κ3) is 5.13. The molecule has 1 fully saturated rings. The molecule has 0 aromatic heterocycles. The molecular weight excluding hydrogens is 298 g/mol. The van der Waals surface area contributed by atoms with Crippen LogP contribution in [-0.4, -0.2) is 44.3 Å². The van der Waals surface area contributed by atoms with E-state index in [0.29, 0.717) is 5.92 Å². The molecule has 2 rings (SSSR count). The van der Waals surface area contributed by atoms with Crippen molar-refractivity contribution in [1.29, 1.82) is 0 Å². The van der Waals surface area contributed by atoms with Crippen molar-refractivity contribution in [3.05, 3.63) is 35.9 Å². The standard InChI is InChI=1S/C17H25NO3S/c1-14(13-22(2,20)21)17(19)18-10-8-16(9-11-18)12-15-6-4-3-5-7-15/h3-7,14,16H,8-13H2,1-2H3. The lowest BCUT2D eigenvalue weighted by Crippen LogP contribution is -2.42. The van der Waals surface area contributed by atoms with Crippen molar-refractivity contribution >= 4 is 15.7 Å². The molecule has 1 amide bonds. The van der Waals surface area contributed by atoms with Gasteiger partial charge in [-0.15, -0.1) is 0 Å². The van der Waals surface area contributed by atoms with Gasteiger partial charge < -0.3 is 4.90 Å². The van der Waals surface area contributed by atoms with Crippen LogP contribution in [0.3, 0.4) is 0 Å². The average Bonchev–Trinajstić information content (AvgIpc) is 2.46. The normalized spacial score (nSPS) is 18.2. The molecule has 0 bridgehead atoms. The summed E-state index contributed by atoms with van der Waals surface area (Å²) < 4.78 is 22.6. The van der Waals surface area contributed by atoms with Gasteiger partial charge in [-0.1, -0.05) is 37.3 Å². The second-order valence-corrected chi connectivity index (χ2v) is 8.64. The molecule has 0 N–H and O–H groups in total. The van der Waals surface area contributed by atoms with Crippen molar-refractivity contribution in [2.75, 3.05) is 25.1 Å². The van der Waals surface area contributed by atoms with Crippen molar-refractivity contribution in [3.8, 4) is 0 Å². The smallest absolute Gasteiger partial charge is 0.226 e. The monoisotopic (exact) mass is 323 g/mol. The average molecular weight is 323 g/mol. The van der Waals surface area contributed by atoms with Crippen LogP contribution >= 0.6 is 0 Å². The van der Waals surface area contributed by atoms with Crippen LogP contribution in [-0.2, 0) is 21.1 Å². The molecule has 0 aliphatic carbocycles. The first-order valence-corrected chi connectivity index (χ1v) is 9.91. The largest absolute Gasteiger partial charge is 0.342 e. The molecule has 1 aliphatic rings. The minimum absolute atomic E-state index is 0.0245. The van der Waals surface area contributed by atoms with E-state index in [-0.39, 0.29) is 11.7 Å². The van der Waals surface area contributed by atoms with Crippen LogP contribution in [0.5, 0.6) is 0 Å². The van der Waals surface area contributed by atoms with Gasteiger partial charge in [0.15, 0.2) is 0 Å². The number of carbonyl (C=O) groups is 1. The number of nitrogens with zero attached hydrogens (tertiary/aromatic N) is 1. The van der Waals surface area contributed by atoms with Crippen LogP contribution in [0.4, 0.5) is 0 Å². The number of hydrogen-bond donors (Lipinski definition) is 0. The summed E-state index contributed by atoms with van der Waals surface area (Å²) in [4.78, 5) is 14.1. The van der Waals surface area contributed by atoms with Crippen molar-refractivity contribution in [2.45, 2.75) is 26.2 Å². The van der Waals surface area contributed by atoms with Crippen LogP contribution in [0.2, 0.25) is 0 Å². The van der Waals surface area contributed by atoms with E-state index < -0.39 is 15.8 Å².